The van der Waals surface area contributed by atoms with Gasteiger partial charge in [0.25, 0.3) is 5.56 Å². The Morgan fingerprint density at radius 1 is 1.08 bits per heavy atom. The van der Waals surface area contributed by atoms with E-state index in [1.165, 1.54) is 12.1 Å². The number of rotatable bonds is 5. The molecular weight excluding hydrogens is 473 g/mol. The predicted octanol–water partition coefficient (Wildman–Crippen LogP) is 3.40. The topological polar surface area (TPSA) is 87.2 Å². The van der Waals surface area contributed by atoms with Crippen LogP contribution in [0.25, 0.3) is 10.9 Å². The molecule has 3 fully saturated rings. The van der Waals surface area contributed by atoms with E-state index < -0.39 is 52.1 Å². The smallest absolute Gasteiger partial charge is 0.329 e. The number of H-pyrrole nitrogens is 1. The number of amides is 1. The third kappa shape index (κ3) is 4.03. The minimum Gasteiger partial charge on any atom is -0.348 e. The minimum atomic E-state index is -1.21. The normalized spacial score (nSPS) is 23.5. The van der Waals surface area contributed by atoms with Crippen molar-refractivity contribution < 1.29 is 18.0 Å². The number of aromatic nitrogens is 2. The van der Waals surface area contributed by atoms with Crippen LogP contribution in [-0.2, 0) is 4.79 Å². The highest BCUT2D eigenvalue weighted by Gasteiger charge is 2.52. The second kappa shape index (κ2) is 8.92. The third-order valence-electron chi connectivity index (χ3n) is 7.90. The number of hydrogen-bond acceptors (Lipinski definition) is 4. The Labute approximate surface area is 204 Å². The maximum atomic E-state index is 14.4. The Balaban J connectivity index is 1.63. The number of nitrogens with one attached hydrogen (secondary N) is 2. The van der Waals surface area contributed by atoms with Crippen LogP contribution in [0.15, 0.2) is 46.0 Å². The van der Waals surface area contributed by atoms with Crippen LogP contribution in [0.3, 0.4) is 0 Å². The molecule has 0 unspecified atom stereocenters. The molecule has 2 atom stereocenters. The van der Waals surface area contributed by atoms with Crippen molar-refractivity contribution in [2.24, 2.45) is 5.41 Å². The molecule has 10 heteroatoms. The van der Waals surface area contributed by atoms with Gasteiger partial charge in [-0.2, -0.15) is 0 Å². The molecule has 2 bridgehead atoms. The lowest BCUT2D eigenvalue weighted by Crippen LogP contribution is -2.61. The van der Waals surface area contributed by atoms with Crippen molar-refractivity contribution in [3.8, 4) is 0 Å². The summed E-state index contributed by atoms with van der Waals surface area (Å²) in [5.74, 6) is -2.82. The number of aromatic amines is 1. The summed E-state index contributed by atoms with van der Waals surface area (Å²) in [4.78, 5) is 45.5. The van der Waals surface area contributed by atoms with E-state index in [2.05, 4.69) is 15.2 Å². The number of fused-ring (bicyclic) bond motifs is 4. The molecule has 0 radical (unpaired) electrons. The molecule has 2 saturated heterocycles. The zero-order chi connectivity index (χ0) is 25.8. The molecule has 2 N–H and O–H groups in total. The van der Waals surface area contributed by atoms with E-state index in [1.807, 2.05) is 7.05 Å². The average Bonchev–Trinajstić information content (AvgIpc) is 2.82. The van der Waals surface area contributed by atoms with Crippen LogP contribution < -0.4 is 16.6 Å². The Bertz CT molecular complexity index is 1460. The van der Waals surface area contributed by atoms with E-state index in [-0.39, 0.29) is 16.5 Å². The molecule has 1 aromatic heterocycles. The molecule has 2 aliphatic heterocycles. The average molecular weight is 501 g/mol. The molecular formula is C26H27F3N4O3. The van der Waals surface area contributed by atoms with Gasteiger partial charge in [-0.3, -0.25) is 9.59 Å². The number of nitrogens with zero attached hydrogens (tertiary/aromatic N) is 2. The van der Waals surface area contributed by atoms with E-state index in [9.17, 15) is 27.6 Å². The van der Waals surface area contributed by atoms with Gasteiger partial charge in [-0.1, -0.05) is 6.07 Å². The molecule has 3 heterocycles. The maximum Gasteiger partial charge on any atom is 0.329 e. The van der Waals surface area contributed by atoms with Crippen molar-refractivity contribution in [2.45, 2.75) is 50.7 Å². The van der Waals surface area contributed by atoms with Crippen LogP contribution in [0.5, 0.6) is 0 Å². The van der Waals surface area contributed by atoms with Gasteiger partial charge in [0.2, 0.25) is 5.91 Å². The van der Waals surface area contributed by atoms with Gasteiger partial charge in [-0.05, 0) is 63.9 Å². The van der Waals surface area contributed by atoms with E-state index >= 15 is 0 Å². The summed E-state index contributed by atoms with van der Waals surface area (Å²) in [5, 5.41) is 2.71. The van der Waals surface area contributed by atoms with Gasteiger partial charge in [0, 0.05) is 29.6 Å². The van der Waals surface area contributed by atoms with Gasteiger partial charge < -0.3 is 15.2 Å². The van der Waals surface area contributed by atoms with Gasteiger partial charge >= 0.3 is 5.69 Å². The van der Waals surface area contributed by atoms with Crippen LogP contribution in [-0.4, -0.2) is 40.0 Å². The highest BCUT2D eigenvalue weighted by Crippen LogP contribution is 2.50. The highest BCUT2D eigenvalue weighted by atomic mass is 19.1. The number of carbonyl (C=O) groups is 1. The molecule has 0 spiro atoms. The van der Waals surface area contributed by atoms with Crippen molar-refractivity contribution in [3.63, 3.8) is 0 Å². The molecule has 1 saturated carbocycles. The lowest BCUT2D eigenvalue weighted by molar-refractivity contribution is -0.135. The molecule has 1 amide bonds. The standard InChI is InChI=1S/C26H27F3N4O3/c1-14(18-5-3-16(28)12-20(18)29)30-23(34)22(26-9-7-17(8-10-26)32(2)13-26)33-24(35)19-11-15(27)4-6-21(19)31-25(33)36/h3-6,11-12,14,17,22H,7-10,13H2,1-2H3,(H,30,34)(H,31,36)/t14-,17?,22-,26?/m1/s1. The van der Waals surface area contributed by atoms with Crippen molar-refractivity contribution in [1.82, 2.24) is 19.8 Å². The number of benzene rings is 2. The molecule has 3 aromatic rings. The minimum absolute atomic E-state index is 0.0423. The number of hydrogen-bond donors (Lipinski definition) is 2. The Hall–Kier alpha value is -3.40. The summed E-state index contributed by atoms with van der Waals surface area (Å²) in [6, 6.07) is 4.87. The first-order valence-electron chi connectivity index (χ1n) is 12.0. The number of halogens is 3. The highest BCUT2D eigenvalue weighted by molar-refractivity contribution is 5.83. The van der Waals surface area contributed by atoms with Crippen molar-refractivity contribution in [1.29, 1.82) is 0 Å². The van der Waals surface area contributed by atoms with E-state index in [4.69, 9.17) is 0 Å². The molecule has 190 valence electrons. The zero-order valence-corrected chi connectivity index (χ0v) is 20.0. The maximum absolute atomic E-state index is 14.4. The van der Waals surface area contributed by atoms with Gasteiger partial charge in [0.15, 0.2) is 0 Å². The van der Waals surface area contributed by atoms with E-state index in [0.717, 1.165) is 41.7 Å². The van der Waals surface area contributed by atoms with Crippen LogP contribution in [0, 0.1) is 22.9 Å². The third-order valence-corrected chi connectivity index (χ3v) is 7.90. The SMILES string of the molecule is C[C@@H](NC(=O)[C@@H](n1c(=O)[nH]c2ccc(F)cc2c1=O)C12CCC(CC1)N(C)C2)c1ccc(F)cc1F. The summed E-state index contributed by atoms with van der Waals surface area (Å²) in [7, 11) is 1.95. The first-order chi connectivity index (χ1) is 17.1. The lowest BCUT2D eigenvalue weighted by Gasteiger charge is -2.54. The first-order valence-corrected chi connectivity index (χ1v) is 12.0. The fraction of sp³-hybridized carbons (Fsp3) is 0.423. The van der Waals surface area contributed by atoms with Crippen molar-refractivity contribution in [3.05, 3.63) is 80.3 Å². The second-order valence-corrected chi connectivity index (χ2v) is 10.1. The summed E-state index contributed by atoms with van der Waals surface area (Å²) in [6.45, 7) is 2.04. The Kier molecular flexibility index (Phi) is 6.02. The quantitative estimate of drug-likeness (QED) is 0.562. The molecule has 1 aliphatic carbocycles. The van der Waals surface area contributed by atoms with Gasteiger partial charge in [-0.15, -0.1) is 0 Å². The van der Waals surface area contributed by atoms with Gasteiger partial charge in [0.05, 0.1) is 16.9 Å². The summed E-state index contributed by atoms with van der Waals surface area (Å²) < 4.78 is 42.7. The fourth-order valence-electron chi connectivity index (χ4n) is 6.09. The monoisotopic (exact) mass is 500 g/mol. The second-order valence-electron chi connectivity index (χ2n) is 10.1. The van der Waals surface area contributed by atoms with E-state index in [1.54, 1.807) is 6.92 Å². The largest absolute Gasteiger partial charge is 0.348 e. The van der Waals surface area contributed by atoms with Gasteiger partial charge in [-0.25, -0.2) is 22.5 Å². The van der Waals surface area contributed by atoms with E-state index in [0.29, 0.717) is 25.4 Å². The molecule has 7 nitrogen and oxygen atoms in total. The summed E-state index contributed by atoms with van der Waals surface area (Å²) in [5.41, 5.74) is -2.02. The fourth-order valence-corrected chi connectivity index (χ4v) is 6.09. The summed E-state index contributed by atoms with van der Waals surface area (Å²) in [6.07, 6.45) is 2.84. The number of piperidine rings is 2. The van der Waals surface area contributed by atoms with Crippen LogP contribution in [0.2, 0.25) is 0 Å². The molecule has 36 heavy (non-hydrogen) atoms. The number of carbonyl (C=O) groups excluding carboxylic acids is 1. The molecule has 2 aromatic carbocycles. The Morgan fingerprint density at radius 3 is 2.42 bits per heavy atom. The first kappa shape index (κ1) is 24.3. The summed E-state index contributed by atoms with van der Waals surface area (Å²) >= 11 is 0. The predicted molar refractivity (Wildman–Crippen MR) is 128 cm³/mol. The van der Waals surface area contributed by atoms with Gasteiger partial charge in [0.1, 0.15) is 23.5 Å². The van der Waals surface area contributed by atoms with Crippen LogP contribution in [0.4, 0.5) is 13.2 Å². The molecule has 3 aliphatic rings. The van der Waals surface area contributed by atoms with Crippen LogP contribution in [0.1, 0.15) is 50.3 Å². The van der Waals surface area contributed by atoms with Crippen molar-refractivity contribution >= 4 is 16.8 Å². The van der Waals surface area contributed by atoms with Crippen molar-refractivity contribution in [2.75, 3.05) is 13.6 Å². The van der Waals surface area contributed by atoms with Crippen LogP contribution >= 0.6 is 0 Å². The zero-order valence-electron chi connectivity index (χ0n) is 20.0. The lowest BCUT2D eigenvalue weighted by atomic mass is 9.63. The Morgan fingerprint density at radius 2 is 1.75 bits per heavy atom. The molecule has 6 rings (SSSR count).